The highest BCUT2D eigenvalue weighted by molar-refractivity contribution is 7.16. The molecule has 0 unspecified atom stereocenters. The van der Waals surface area contributed by atoms with E-state index in [4.69, 9.17) is 0 Å². The number of thiazole rings is 1. The number of hydrogen-bond acceptors (Lipinski definition) is 4. The first kappa shape index (κ1) is 18.2. The van der Waals surface area contributed by atoms with Crippen LogP contribution in [0, 0.1) is 25.5 Å². The lowest BCUT2D eigenvalue weighted by Gasteiger charge is -2.07. The Bertz CT molecular complexity index is 1200. The molecule has 2 aromatic carbocycles. The molecule has 0 radical (unpaired) electrons. The summed E-state index contributed by atoms with van der Waals surface area (Å²) in [6, 6.07) is 12.0. The summed E-state index contributed by atoms with van der Waals surface area (Å²) >= 11 is 1.34. The summed E-state index contributed by atoms with van der Waals surface area (Å²) in [5, 5.41) is 3.92. The van der Waals surface area contributed by atoms with Gasteiger partial charge >= 0.3 is 0 Å². The number of aryl methyl sites for hydroxylation is 2. The van der Waals surface area contributed by atoms with Gasteiger partial charge in [-0.2, -0.15) is 0 Å². The Morgan fingerprint density at radius 3 is 2.43 bits per heavy atom. The first-order valence-corrected chi connectivity index (χ1v) is 9.34. The van der Waals surface area contributed by atoms with Crippen LogP contribution in [0.5, 0.6) is 0 Å². The SMILES string of the molecule is Cc1nc2cc(F)ccc2cc1C(=O)Nc1nc(-c2ccc(F)cc2)c(C)s1. The van der Waals surface area contributed by atoms with Gasteiger partial charge in [0, 0.05) is 21.9 Å². The van der Waals surface area contributed by atoms with Gasteiger partial charge in [0.2, 0.25) is 0 Å². The molecule has 2 heterocycles. The number of fused-ring (bicyclic) bond motifs is 1. The smallest absolute Gasteiger partial charge is 0.259 e. The quantitative estimate of drug-likeness (QED) is 0.498. The number of nitrogens with one attached hydrogen (secondary N) is 1. The monoisotopic (exact) mass is 395 g/mol. The van der Waals surface area contributed by atoms with Gasteiger partial charge in [0.15, 0.2) is 5.13 Å². The van der Waals surface area contributed by atoms with Gasteiger partial charge in [0.1, 0.15) is 11.6 Å². The maximum absolute atomic E-state index is 13.4. The summed E-state index contributed by atoms with van der Waals surface area (Å²) in [4.78, 5) is 22.4. The molecule has 0 fully saturated rings. The van der Waals surface area contributed by atoms with Crippen LogP contribution in [0.3, 0.4) is 0 Å². The third kappa shape index (κ3) is 3.48. The third-order valence-electron chi connectivity index (χ3n) is 4.35. The van der Waals surface area contributed by atoms with E-state index in [1.165, 1.54) is 35.6 Å². The van der Waals surface area contributed by atoms with Crippen LogP contribution in [-0.2, 0) is 0 Å². The largest absolute Gasteiger partial charge is 0.298 e. The van der Waals surface area contributed by atoms with E-state index in [2.05, 4.69) is 15.3 Å². The van der Waals surface area contributed by atoms with Crippen molar-refractivity contribution in [3.63, 3.8) is 0 Å². The van der Waals surface area contributed by atoms with Crippen LogP contribution in [-0.4, -0.2) is 15.9 Å². The van der Waals surface area contributed by atoms with Gasteiger partial charge < -0.3 is 0 Å². The standard InChI is InChI=1S/C21H15F2N3OS/c1-11-17(9-14-5-8-16(23)10-18(14)24-11)20(27)26-21-25-19(12(2)28-21)13-3-6-15(22)7-4-13/h3-10H,1-2H3,(H,25,26,27). The lowest BCUT2D eigenvalue weighted by atomic mass is 10.1. The first-order valence-electron chi connectivity index (χ1n) is 8.52. The van der Waals surface area contributed by atoms with E-state index in [-0.39, 0.29) is 17.5 Å². The predicted molar refractivity (Wildman–Crippen MR) is 107 cm³/mol. The summed E-state index contributed by atoms with van der Waals surface area (Å²) in [6.45, 7) is 3.60. The average molecular weight is 395 g/mol. The van der Waals surface area contributed by atoms with Crippen LogP contribution < -0.4 is 5.32 Å². The number of nitrogens with zero attached hydrogens (tertiary/aromatic N) is 2. The molecule has 2 aromatic heterocycles. The van der Waals surface area contributed by atoms with Gasteiger partial charge in [-0.15, -0.1) is 11.3 Å². The first-order chi connectivity index (χ1) is 13.4. The Kier molecular flexibility index (Phi) is 4.60. The summed E-state index contributed by atoms with van der Waals surface area (Å²) in [6.07, 6.45) is 0. The molecule has 0 saturated carbocycles. The lowest BCUT2D eigenvalue weighted by molar-refractivity contribution is 0.102. The van der Waals surface area contributed by atoms with E-state index in [0.29, 0.717) is 33.0 Å². The van der Waals surface area contributed by atoms with Crippen LogP contribution in [0.4, 0.5) is 13.9 Å². The van der Waals surface area contributed by atoms with Crippen molar-refractivity contribution in [2.45, 2.75) is 13.8 Å². The van der Waals surface area contributed by atoms with Crippen molar-refractivity contribution in [2.24, 2.45) is 0 Å². The number of benzene rings is 2. The fourth-order valence-electron chi connectivity index (χ4n) is 2.96. The summed E-state index contributed by atoms with van der Waals surface area (Å²) < 4.78 is 26.5. The molecule has 28 heavy (non-hydrogen) atoms. The number of rotatable bonds is 3. The van der Waals surface area contributed by atoms with Crippen molar-refractivity contribution in [2.75, 3.05) is 5.32 Å². The highest BCUT2D eigenvalue weighted by atomic mass is 32.1. The minimum atomic E-state index is -0.372. The van der Waals surface area contributed by atoms with Crippen LogP contribution in [0.1, 0.15) is 20.9 Å². The third-order valence-corrected chi connectivity index (χ3v) is 5.24. The van der Waals surface area contributed by atoms with E-state index in [1.54, 1.807) is 31.2 Å². The Labute approximate surface area is 163 Å². The van der Waals surface area contributed by atoms with Gasteiger partial charge in [-0.05, 0) is 56.3 Å². The molecule has 1 N–H and O–H groups in total. The molecular weight excluding hydrogens is 380 g/mol. The average Bonchev–Trinajstić information content (AvgIpc) is 3.01. The second kappa shape index (κ2) is 7.09. The van der Waals surface area contributed by atoms with Crippen LogP contribution >= 0.6 is 11.3 Å². The van der Waals surface area contributed by atoms with Crippen molar-refractivity contribution in [1.29, 1.82) is 0 Å². The zero-order valence-electron chi connectivity index (χ0n) is 15.1. The van der Waals surface area contributed by atoms with Crippen LogP contribution in [0.15, 0.2) is 48.5 Å². The zero-order valence-corrected chi connectivity index (χ0v) is 15.9. The zero-order chi connectivity index (χ0) is 19.8. The summed E-state index contributed by atoms with van der Waals surface area (Å²) in [5.74, 6) is -1.02. The second-order valence-corrected chi connectivity index (χ2v) is 7.55. The number of amides is 1. The number of aromatic nitrogens is 2. The minimum Gasteiger partial charge on any atom is -0.298 e. The van der Waals surface area contributed by atoms with E-state index >= 15 is 0 Å². The summed E-state index contributed by atoms with van der Waals surface area (Å²) in [7, 11) is 0. The maximum Gasteiger partial charge on any atom is 0.259 e. The molecule has 140 valence electrons. The molecule has 0 spiro atoms. The van der Waals surface area contributed by atoms with Gasteiger partial charge in [-0.3, -0.25) is 15.1 Å². The molecule has 0 aliphatic heterocycles. The molecule has 7 heteroatoms. The Morgan fingerprint density at radius 1 is 0.964 bits per heavy atom. The van der Waals surface area contributed by atoms with Crippen LogP contribution in [0.25, 0.3) is 22.2 Å². The highest BCUT2D eigenvalue weighted by Crippen LogP contribution is 2.31. The van der Waals surface area contributed by atoms with Gasteiger partial charge in [-0.25, -0.2) is 13.8 Å². The Morgan fingerprint density at radius 2 is 1.68 bits per heavy atom. The molecule has 4 nitrogen and oxygen atoms in total. The van der Waals surface area contributed by atoms with E-state index in [0.717, 1.165) is 10.4 Å². The number of carbonyl (C=O) groups is 1. The van der Waals surface area contributed by atoms with Gasteiger partial charge in [-0.1, -0.05) is 0 Å². The van der Waals surface area contributed by atoms with Crippen molar-refractivity contribution in [3.8, 4) is 11.3 Å². The van der Waals surface area contributed by atoms with E-state index in [1.807, 2.05) is 6.92 Å². The number of anilines is 1. The van der Waals surface area contributed by atoms with E-state index in [9.17, 15) is 13.6 Å². The minimum absolute atomic E-state index is 0.315. The Balaban J connectivity index is 1.63. The number of hydrogen-bond donors (Lipinski definition) is 1. The maximum atomic E-state index is 13.4. The topological polar surface area (TPSA) is 54.9 Å². The number of pyridine rings is 1. The van der Waals surface area contributed by atoms with Gasteiger partial charge in [0.05, 0.1) is 22.5 Å². The van der Waals surface area contributed by atoms with Crippen molar-refractivity contribution in [1.82, 2.24) is 9.97 Å². The summed E-state index contributed by atoms with van der Waals surface area (Å²) in [5.41, 5.74) is 2.88. The molecule has 0 atom stereocenters. The van der Waals surface area contributed by atoms with Crippen molar-refractivity contribution in [3.05, 3.63) is 76.3 Å². The molecule has 4 aromatic rings. The fourth-order valence-corrected chi connectivity index (χ4v) is 3.79. The number of carbonyl (C=O) groups excluding carboxylic acids is 1. The molecule has 0 bridgehead atoms. The predicted octanol–water partition coefficient (Wildman–Crippen LogP) is 5.51. The van der Waals surface area contributed by atoms with Crippen molar-refractivity contribution < 1.29 is 13.6 Å². The number of halogens is 2. The lowest BCUT2D eigenvalue weighted by Crippen LogP contribution is -2.14. The molecule has 0 aliphatic rings. The fraction of sp³-hybridized carbons (Fsp3) is 0.0952. The molecular formula is C21H15F2N3OS. The molecule has 0 saturated heterocycles. The van der Waals surface area contributed by atoms with Gasteiger partial charge in [0.25, 0.3) is 5.91 Å². The molecule has 1 amide bonds. The van der Waals surface area contributed by atoms with Crippen LogP contribution in [0.2, 0.25) is 0 Å². The van der Waals surface area contributed by atoms with E-state index < -0.39 is 0 Å². The second-order valence-electron chi connectivity index (χ2n) is 6.34. The van der Waals surface area contributed by atoms with Crippen molar-refractivity contribution >= 4 is 33.3 Å². The highest BCUT2D eigenvalue weighted by Gasteiger charge is 2.16. The Hall–Kier alpha value is -3.19. The molecule has 4 rings (SSSR count). The normalized spacial score (nSPS) is 11.0. The molecule has 0 aliphatic carbocycles.